The molecule has 0 unspecified atom stereocenters. The van der Waals surface area contributed by atoms with Crippen LogP contribution in [0.5, 0.6) is 0 Å². The summed E-state index contributed by atoms with van der Waals surface area (Å²) in [5.74, 6) is 0.670. The Morgan fingerprint density at radius 1 is 1.04 bits per heavy atom. The van der Waals surface area contributed by atoms with Crippen molar-refractivity contribution in [1.82, 2.24) is 10.1 Å². The number of carbonyl (C=O) groups excluding carboxylic acids is 1. The highest BCUT2D eigenvalue weighted by Gasteiger charge is 2.12. The number of benzene rings is 2. The molecule has 0 radical (unpaired) electrons. The quantitative estimate of drug-likeness (QED) is 0.581. The Morgan fingerprint density at radius 2 is 1.92 bits per heavy atom. The van der Waals surface area contributed by atoms with Crippen molar-refractivity contribution in [2.24, 2.45) is 0 Å². The van der Waals surface area contributed by atoms with Crippen LogP contribution in [0.3, 0.4) is 0 Å². The van der Waals surface area contributed by atoms with E-state index in [9.17, 15) is 4.79 Å². The summed E-state index contributed by atoms with van der Waals surface area (Å²) in [6, 6.07) is 19.3. The molecule has 5 heteroatoms. The molecule has 0 atom stereocenters. The van der Waals surface area contributed by atoms with Crippen LogP contribution >= 0.6 is 0 Å². The first-order valence-corrected chi connectivity index (χ1v) is 8.43. The van der Waals surface area contributed by atoms with Crippen LogP contribution in [-0.2, 0) is 11.2 Å². The van der Waals surface area contributed by atoms with Gasteiger partial charge in [-0.15, -0.1) is 0 Å². The Bertz CT molecular complexity index is 1040. The maximum Gasteiger partial charge on any atom is 0.224 e. The second kappa shape index (κ2) is 7.19. The summed E-state index contributed by atoms with van der Waals surface area (Å²) >= 11 is 0. The number of fused-ring (bicyclic) bond motifs is 1. The van der Waals surface area contributed by atoms with Gasteiger partial charge in [-0.05, 0) is 30.7 Å². The number of pyridine rings is 1. The van der Waals surface area contributed by atoms with E-state index < -0.39 is 0 Å². The normalized spacial score (nSPS) is 10.8. The highest BCUT2D eigenvalue weighted by Crippen LogP contribution is 2.24. The first kappa shape index (κ1) is 16.0. The zero-order chi connectivity index (χ0) is 17.8. The number of hydrogen-bond acceptors (Lipinski definition) is 4. The molecule has 5 nitrogen and oxygen atoms in total. The van der Waals surface area contributed by atoms with E-state index in [0.717, 1.165) is 33.5 Å². The van der Waals surface area contributed by atoms with Gasteiger partial charge in [0.15, 0.2) is 5.76 Å². The third-order valence-electron chi connectivity index (χ3n) is 4.19. The number of anilines is 1. The fourth-order valence-corrected chi connectivity index (χ4v) is 2.89. The maximum atomic E-state index is 12.3. The second-order valence-electron chi connectivity index (χ2n) is 6.01. The molecular formula is C21H17N3O2. The van der Waals surface area contributed by atoms with Gasteiger partial charge in [0, 0.05) is 34.8 Å². The van der Waals surface area contributed by atoms with Gasteiger partial charge in [0.1, 0.15) is 0 Å². The molecule has 2 heterocycles. The van der Waals surface area contributed by atoms with Gasteiger partial charge in [-0.2, -0.15) is 0 Å². The largest absolute Gasteiger partial charge is 0.356 e. The minimum Gasteiger partial charge on any atom is -0.356 e. The second-order valence-corrected chi connectivity index (χ2v) is 6.01. The van der Waals surface area contributed by atoms with Crippen LogP contribution in [0.25, 0.3) is 22.2 Å². The number of rotatable bonds is 5. The lowest BCUT2D eigenvalue weighted by molar-refractivity contribution is -0.116. The third-order valence-corrected chi connectivity index (χ3v) is 4.19. The summed E-state index contributed by atoms with van der Waals surface area (Å²) in [5, 5.41) is 7.81. The van der Waals surface area contributed by atoms with E-state index >= 15 is 0 Å². The minimum absolute atomic E-state index is 0.0477. The van der Waals surface area contributed by atoms with E-state index in [-0.39, 0.29) is 5.91 Å². The average molecular weight is 343 g/mol. The van der Waals surface area contributed by atoms with E-state index in [0.29, 0.717) is 12.8 Å². The van der Waals surface area contributed by atoms with Crippen molar-refractivity contribution < 1.29 is 9.32 Å². The SMILES string of the molecule is O=C(CCc1cnoc1-c1ccccc1)Nc1ccc2ncccc2c1. The van der Waals surface area contributed by atoms with Gasteiger partial charge >= 0.3 is 0 Å². The van der Waals surface area contributed by atoms with Crippen molar-refractivity contribution >= 4 is 22.5 Å². The van der Waals surface area contributed by atoms with E-state index in [1.54, 1.807) is 12.4 Å². The van der Waals surface area contributed by atoms with Crippen LogP contribution in [0.15, 0.2) is 77.6 Å². The number of aryl methyl sites for hydroxylation is 1. The molecule has 0 aliphatic heterocycles. The van der Waals surface area contributed by atoms with Gasteiger partial charge in [-0.1, -0.05) is 41.6 Å². The Hall–Kier alpha value is -3.47. The molecule has 1 N–H and O–H groups in total. The summed E-state index contributed by atoms with van der Waals surface area (Å²) < 4.78 is 5.36. The van der Waals surface area contributed by atoms with Crippen molar-refractivity contribution in [3.8, 4) is 11.3 Å². The molecule has 0 fully saturated rings. The summed E-state index contributed by atoms with van der Waals surface area (Å²) in [4.78, 5) is 16.6. The van der Waals surface area contributed by atoms with Crippen LogP contribution in [-0.4, -0.2) is 16.0 Å². The molecule has 1 amide bonds. The zero-order valence-corrected chi connectivity index (χ0v) is 14.1. The molecule has 0 saturated carbocycles. The lowest BCUT2D eigenvalue weighted by Gasteiger charge is -2.06. The van der Waals surface area contributed by atoms with Gasteiger partial charge in [0.25, 0.3) is 0 Å². The van der Waals surface area contributed by atoms with Gasteiger partial charge in [-0.25, -0.2) is 0 Å². The molecule has 4 aromatic rings. The third kappa shape index (κ3) is 3.47. The molecule has 0 bridgehead atoms. The Labute approximate surface area is 150 Å². The van der Waals surface area contributed by atoms with E-state index in [1.165, 1.54) is 0 Å². The number of hydrogen-bond donors (Lipinski definition) is 1. The van der Waals surface area contributed by atoms with E-state index in [1.807, 2.05) is 60.7 Å². The monoisotopic (exact) mass is 343 g/mol. The van der Waals surface area contributed by atoms with Crippen molar-refractivity contribution in [3.05, 3.63) is 78.6 Å². The number of nitrogens with zero attached hydrogens (tertiary/aromatic N) is 2. The summed E-state index contributed by atoms with van der Waals surface area (Å²) in [6.07, 6.45) is 4.35. The molecule has 0 saturated heterocycles. The molecule has 0 aliphatic rings. The van der Waals surface area contributed by atoms with Gasteiger partial charge < -0.3 is 9.84 Å². The number of carbonyl (C=O) groups is 1. The predicted octanol–water partition coefficient (Wildman–Crippen LogP) is 4.46. The Kier molecular flexibility index (Phi) is 4.43. The first-order valence-electron chi connectivity index (χ1n) is 8.43. The number of amides is 1. The molecule has 2 aromatic carbocycles. The smallest absolute Gasteiger partial charge is 0.224 e. The Morgan fingerprint density at radius 3 is 2.81 bits per heavy atom. The molecule has 0 aliphatic carbocycles. The van der Waals surface area contributed by atoms with Crippen molar-refractivity contribution in [2.45, 2.75) is 12.8 Å². The van der Waals surface area contributed by atoms with Crippen LogP contribution in [0.1, 0.15) is 12.0 Å². The first-order chi connectivity index (χ1) is 12.8. The average Bonchev–Trinajstić information content (AvgIpc) is 3.16. The lowest BCUT2D eigenvalue weighted by Crippen LogP contribution is -2.12. The van der Waals surface area contributed by atoms with Crippen LogP contribution < -0.4 is 5.32 Å². The van der Waals surface area contributed by atoms with Gasteiger partial charge in [0.05, 0.1) is 11.7 Å². The number of nitrogens with one attached hydrogen (secondary N) is 1. The van der Waals surface area contributed by atoms with Gasteiger partial charge in [0.2, 0.25) is 5.91 Å². The predicted molar refractivity (Wildman–Crippen MR) is 101 cm³/mol. The minimum atomic E-state index is -0.0477. The lowest BCUT2D eigenvalue weighted by atomic mass is 10.1. The van der Waals surface area contributed by atoms with Crippen LogP contribution in [0.2, 0.25) is 0 Å². The van der Waals surface area contributed by atoms with Crippen molar-refractivity contribution in [2.75, 3.05) is 5.32 Å². The fourth-order valence-electron chi connectivity index (χ4n) is 2.89. The highest BCUT2D eigenvalue weighted by molar-refractivity contribution is 5.93. The molecule has 26 heavy (non-hydrogen) atoms. The van der Waals surface area contributed by atoms with Crippen LogP contribution in [0.4, 0.5) is 5.69 Å². The zero-order valence-electron chi connectivity index (χ0n) is 14.1. The molecule has 2 aromatic heterocycles. The Balaban J connectivity index is 1.42. The molecular weight excluding hydrogens is 326 g/mol. The number of aromatic nitrogens is 2. The van der Waals surface area contributed by atoms with Crippen molar-refractivity contribution in [3.63, 3.8) is 0 Å². The fraction of sp³-hybridized carbons (Fsp3) is 0.0952. The van der Waals surface area contributed by atoms with E-state index in [4.69, 9.17) is 4.52 Å². The highest BCUT2D eigenvalue weighted by atomic mass is 16.5. The summed E-state index contributed by atoms with van der Waals surface area (Å²) in [7, 11) is 0. The molecule has 4 rings (SSSR count). The van der Waals surface area contributed by atoms with Crippen LogP contribution in [0, 0.1) is 0 Å². The molecule has 128 valence electrons. The molecule has 0 spiro atoms. The summed E-state index contributed by atoms with van der Waals surface area (Å²) in [6.45, 7) is 0. The maximum absolute atomic E-state index is 12.3. The van der Waals surface area contributed by atoms with Gasteiger partial charge in [-0.3, -0.25) is 9.78 Å². The topological polar surface area (TPSA) is 68.0 Å². The van der Waals surface area contributed by atoms with E-state index in [2.05, 4.69) is 15.5 Å². The standard InChI is InChI=1S/C21H17N3O2/c25-20(24-18-9-10-19-16(13-18)7-4-12-22-19)11-8-17-14-23-26-21(17)15-5-2-1-3-6-15/h1-7,9-10,12-14H,8,11H2,(H,24,25). The van der Waals surface area contributed by atoms with Crippen molar-refractivity contribution in [1.29, 1.82) is 0 Å². The summed E-state index contributed by atoms with van der Waals surface area (Å²) in [5.41, 5.74) is 3.56.